The first-order valence-corrected chi connectivity index (χ1v) is 6.85. The molecule has 0 heterocycles. The van der Waals surface area contributed by atoms with Gasteiger partial charge in [-0.2, -0.15) is 0 Å². The molecule has 4 nitrogen and oxygen atoms in total. The van der Waals surface area contributed by atoms with E-state index in [-0.39, 0.29) is 12.3 Å². The monoisotopic (exact) mass is 255 g/mol. The first-order chi connectivity index (χ1) is 8.37. The van der Waals surface area contributed by atoms with E-state index in [4.69, 9.17) is 0 Å². The maximum atomic E-state index is 12.1. The molecule has 0 aromatic heterocycles. The van der Waals surface area contributed by atoms with Crippen molar-refractivity contribution in [3.8, 4) is 0 Å². The van der Waals surface area contributed by atoms with E-state index in [9.17, 15) is 14.7 Å². The number of carboxylic acids is 1. The molecule has 1 fully saturated rings. The lowest BCUT2D eigenvalue weighted by Crippen LogP contribution is -2.37. The molecule has 0 radical (unpaired) electrons. The lowest BCUT2D eigenvalue weighted by atomic mass is 9.82. The Kier molecular flexibility index (Phi) is 5.17. The van der Waals surface area contributed by atoms with Crippen molar-refractivity contribution >= 4 is 11.9 Å². The van der Waals surface area contributed by atoms with Gasteiger partial charge in [0, 0.05) is 20.0 Å². The molecule has 0 bridgehead atoms. The molecule has 1 aliphatic rings. The summed E-state index contributed by atoms with van der Waals surface area (Å²) in [5, 5.41) is 9.34. The molecule has 4 heteroatoms. The fourth-order valence-corrected chi connectivity index (χ4v) is 2.52. The first-order valence-electron chi connectivity index (χ1n) is 6.85. The second kappa shape index (κ2) is 6.21. The Morgan fingerprint density at radius 1 is 1.28 bits per heavy atom. The van der Waals surface area contributed by atoms with E-state index in [1.54, 1.807) is 11.9 Å². The van der Waals surface area contributed by atoms with Crippen LogP contribution < -0.4 is 0 Å². The highest BCUT2D eigenvalue weighted by Gasteiger charge is 2.43. The van der Waals surface area contributed by atoms with Crippen molar-refractivity contribution in [3.05, 3.63) is 0 Å². The third kappa shape index (κ3) is 3.72. The molecular formula is C14H25NO3. The van der Waals surface area contributed by atoms with Crippen LogP contribution in [-0.2, 0) is 9.59 Å². The van der Waals surface area contributed by atoms with Crippen molar-refractivity contribution in [2.24, 2.45) is 11.3 Å². The Hall–Kier alpha value is -1.06. The van der Waals surface area contributed by atoms with Gasteiger partial charge < -0.3 is 10.0 Å². The zero-order valence-electron chi connectivity index (χ0n) is 11.7. The molecular weight excluding hydrogens is 230 g/mol. The van der Waals surface area contributed by atoms with Crippen molar-refractivity contribution in [2.45, 2.75) is 52.4 Å². The standard InChI is InChI=1S/C14H25NO3/c1-11(2)6-9-15(3)12(16)10-14(13(17)18)7-4-5-8-14/h11H,4-10H2,1-3H3,(H,17,18). The van der Waals surface area contributed by atoms with E-state index in [0.29, 0.717) is 25.3 Å². The quantitative estimate of drug-likeness (QED) is 0.793. The van der Waals surface area contributed by atoms with E-state index in [1.165, 1.54) is 0 Å². The van der Waals surface area contributed by atoms with Gasteiger partial charge in [-0.15, -0.1) is 0 Å². The maximum Gasteiger partial charge on any atom is 0.310 e. The van der Waals surface area contributed by atoms with Gasteiger partial charge >= 0.3 is 5.97 Å². The van der Waals surface area contributed by atoms with Gasteiger partial charge in [-0.3, -0.25) is 9.59 Å². The molecule has 1 N–H and O–H groups in total. The second-order valence-corrected chi connectivity index (χ2v) is 5.97. The fourth-order valence-electron chi connectivity index (χ4n) is 2.52. The molecule has 104 valence electrons. The summed E-state index contributed by atoms with van der Waals surface area (Å²) in [5.41, 5.74) is -0.789. The third-order valence-electron chi connectivity index (χ3n) is 3.97. The first kappa shape index (κ1) is 15.0. The molecule has 0 saturated heterocycles. The third-order valence-corrected chi connectivity index (χ3v) is 3.97. The molecule has 1 amide bonds. The minimum absolute atomic E-state index is 0.0278. The number of aliphatic carboxylic acids is 1. The molecule has 0 aromatic carbocycles. The number of rotatable bonds is 6. The molecule has 0 spiro atoms. The minimum Gasteiger partial charge on any atom is -0.481 e. The lowest BCUT2D eigenvalue weighted by Gasteiger charge is -2.26. The molecule has 0 aliphatic heterocycles. The van der Waals surface area contributed by atoms with Gasteiger partial charge in [-0.1, -0.05) is 26.7 Å². The smallest absolute Gasteiger partial charge is 0.310 e. The van der Waals surface area contributed by atoms with Gasteiger partial charge in [-0.25, -0.2) is 0 Å². The highest BCUT2D eigenvalue weighted by Crippen LogP contribution is 2.41. The number of amides is 1. The van der Waals surface area contributed by atoms with Gasteiger partial charge in [0.15, 0.2) is 0 Å². The number of nitrogens with zero attached hydrogens (tertiary/aromatic N) is 1. The summed E-state index contributed by atoms with van der Waals surface area (Å²) in [6.45, 7) is 4.95. The van der Waals surface area contributed by atoms with Crippen molar-refractivity contribution in [1.82, 2.24) is 4.90 Å². The summed E-state index contributed by atoms with van der Waals surface area (Å²) in [6, 6.07) is 0. The van der Waals surface area contributed by atoms with Crippen molar-refractivity contribution in [1.29, 1.82) is 0 Å². The average molecular weight is 255 g/mol. The Morgan fingerprint density at radius 3 is 2.28 bits per heavy atom. The summed E-state index contributed by atoms with van der Waals surface area (Å²) in [6.07, 6.45) is 4.27. The van der Waals surface area contributed by atoms with Crippen LogP contribution in [0.1, 0.15) is 52.4 Å². The Balaban J connectivity index is 2.54. The summed E-state index contributed by atoms with van der Waals surface area (Å²) >= 11 is 0. The number of carboxylic acid groups (broad SMARTS) is 1. The molecule has 18 heavy (non-hydrogen) atoms. The predicted molar refractivity (Wildman–Crippen MR) is 70.2 cm³/mol. The van der Waals surface area contributed by atoms with Crippen LogP contribution in [0.25, 0.3) is 0 Å². The van der Waals surface area contributed by atoms with Gasteiger partial charge in [0.1, 0.15) is 0 Å². The largest absolute Gasteiger partial charge is 0.481 e. The van der Waals surface area contributed by atoms with Crippen LogP contribution in [0.15, 0.2) is 0 Å². The second-order valence-electron chi connectivity index (χ2n) is 5.97. The van der Waals surface area contributed by atoms with Crippen LogP contribution in [0, 0.1) is 11.3 Å². The highest BCUT2D eigenvalue weighted by molar-refractivity contribution is 5.85. The molecule has 0 atom stereocenters. The maximum absolute atomic E-state index is 12.1. The van der Waals surface area contributed by atoms with E-state index in [0.717, 1.165) is 19.3 Å². The SMILES string of the molecule is CC(C)CCN(C)C(=O)CC1(C(=O)O)CCCC1. The van der Waals surface area contributed by atoms with Gasteiger partial charge in [0.05, 0.1) is 5.41 Å². The zero-order chi connectivity index (χ0) is 13.8. The van der Waals surface area contributed by atoms with Crippen molar-refractivity contribution in [2.75, 3.05) is 13.6 Å². The lowest BCUT2D eigenvalue weighted by molar-refractivity contribution is -0.153. The molecule has 0 unspecified atom stereocenters. The molecule has 1 saturated carbocycles. The fraction of sp³-hybridized carbons (Fsp3) is 0.857. The summed E-state index contributed by atoms with van der Waals surface area (Å²) < 4.78 is 0. The average Bonchev–Trinajstić information content (AvgIpc) is 2.75. The minimum atomic E-state index is -0.800. The topological polar surface area (TPSA) is 57.6 Å². The van der Waals surface area contributed by atoms with Gasteiger partial charge in [0.2, 0.25) is 5.91 Å². The number of hydrogen-bond acceptors (Lipinski definition) is 2. The summed E-state index contributed by atoms with van der Waals surface area (Å²) in [5.74, 6) is -0.272. The highest BCUT2D eigenvalue weighted by atomic mass is 16.4. The number of hydrogen-bond donors (Lipinski definition) is 1. The van der Waals surface area contributed by atoms with Gasteiger partial charge in [-0.05, 0) is 25.2 Å². The van der Waals surface area contributed by atoms with Crippen LogP contribution in [-0.4, -0.2) is 35.5 Å². The predicted octanol–water partition coefficient (Wildman–Crippen LogP) is 2.53. The van der Waals surface area contributed by atoms with Gasteiger partial charge in [0.25, 0.3) is 0 Å². The summed E-state index contributed by atoms with van der Waals surface area (Å²) in [7, 11) is 1.77. The van der Waals surface area contributed by atoms with E-state index < -0.39 is 11.4 Å². The van der Waals surface area contributed by atoms with E-state index >= 15 is 0 Å². The van der Waals surface area contributed by atoms with E-state index in [2.05, 4.69) is 13.8 Å². The molecule has 1 rings (SSSR count). The molecule has 1 aliphatic carbocycles. The van der Waals surface area contributed by atoms with E-state index in [1.807, 2.05) is 0 Å². The van der Waals surface area contributed by atoms with Crippen molar-refractivity contribution in [3.63, 3.8) is 0 Å². The summed E-state index contributed by atoms with van der Waals surface area (Å²) in [4.78, 5) is 25.1. The van der Waals surface area contributed by atoms with Crippen molar-refractivity contribution < 1.29 is 14.7 Å². The van der Waals surface area contributed by atoms with Crippen LogP contribution in [0.2, 0.25) is 0 Å². The number of carbonyl (C=O) groups excluding carboxylic acids is 1. The van der Waals surface area contributed by atoms with Crippen LogP contribution >= 0.6 is 0 Å². The number of carbonyl (C=O) groups is 2. The zero-order valence-corrected chi connectivity index (χ0v) is 11.7. The Labute approximate surface area is 109 Å². The Morgan fingerprint density at radius 2 is 1.83 bits per heavy atom. The van der Waals surface area contributed by atoms with Crippen LogP contribution in [0.3, 0.4) is 0 Å². The van der Waals surface area contributed by atoms with Crippen LogP contribution in [0.4, 0.5) is 0 Å². The normalized spacial score (nSPS) is 18.0. The Bertz CT molecular complexity index is 306. The van der Waals surface area contributed by atoms with Crippen LogP contribution in [0.5, 0.6) is 0 Å². The molecule has 0 aromatic rings.